The summed E-state index contributed by atoms with van der Waals surface area (Å²) in [6, 6.07) is 9.18. The fraction of sp³-hybridized carbons (Fsp3) is 0.389. The second kappa shape index (κ2) is 7.83. The van der Waals surface area contributed by atoms with E-state index in [0.29, 0.717) is 12.2 Å². The van der Waals surface area contributed by atoms with Crippen molar-refractivity contribution in [3.8, 4) is 0 Å². The molecule has 0 aliphatic rings. The normalized spacial score (nSPS) is 12.3. The third-order valence-electron chi connectivity index (χ3n) is 3.30. The van der Waals surface area contributed by atoms with Crippen molar-refractivity contribution in [2.45, 2.75) is 38.8 Å². The third-order valence-corrected chi connectivity index (χ3v) is 3.30. The molecule has 25 heavy (non-hydrogen) atoms. The van der Waals surface area contributed by atoms with Gasteiger partial charge in [0.25, 0.3) is 0 Å². The third kappa shape index (κ3) is 5.63. The number of methoxy groups -OCH3 is 1. The summed E-state index contributed by atoms with van der Waals surface area (Å²) in [6.07, 6.45) is 1.33. The summed E-state index contributed by atoms with van der Waals surface area (Å²) >= 11 is 0. The minimum absolute atomic E-state index is 0.224. The highest BCUT2D eigenvalue weighted by Crippen LogP contribution is 2.18. The van der Waals surface area contributed by atoms with Crippen LogP contribution in [0.15, 0.2) is 36.5 Å². The highest BCUT2D eigenvalue weighted by Gasteiger charge is 2.23. The molecular weight excluding hydrogens is 322 g/mol. The van der Waals surface area contributed by atoms with Crippen molar-refractivity contribution in [1.29, 1.82) is 0 Å². The number of nitrogens with one attached hydrogen (secondary N) is 2. The molecule has 0 unspecified atom stereocenters. The molecule has 134 valence electrons. The number of rotatable bonds is 5. The minimum Gasteiger partial charge on any atom is -0.464 e. The van der Waals surface area contributed by atoms with Crippen LogP contribution in [-0.4, -0.2) is 34.7 Å². The summed E-state index contributed by atoms with van der Waals surface area (Å²) < 4.78 is 9.99. The first kappa shape index (κ1) is 18.5. The number of alkyl carbamates (subject to hydrolysis) is 1. The molecule has 0 saturated heterocycles. The highest BCUT2D eigenvalue weighted by molar-refractivity contribution is 5.86. The van der Waals surface area contributed by atoms with E-state index in [1.165, 1.54) is 13.3 Å². The molecule has 2 aromatic rings. The SMILES string of the molecule is COC(=O)c1cnc([C@H](Cc2ccccc2)NC(=O)OC(C)(C)C)[nH]1. The number of nitrogens with zero attached hydrogens (tertiary/aromatic N) is 1. The molecule has 0 fully saturated rings. The molecule has 0 bridgehead atoms. The lowest BCUT2D eigenvalue weighted by Crippen LogP contribution is -2.36. The van der Waals surface area contributed by atoms with Gasteiger partial charge in [0.1, 0.15) is 17.1 Å². The van der Waals surface area contributed by atoms with Gasteiger partial charge in [-0.2, -0.15) is 0 Å². The van der Waals surface area contributed by atoms with Crippen LogP contribution in [-0.2, 0) is 15.9 Å². The lowest BCUT2D eigenvalue weighted by Gasteiger charge is -2.23. The number of hydrogen-bond acceptors (Lipinski definition) is 5. The zero-order valence-electron chi connectivity index (χ0n) is 14.8. The maximum Gasteiger partial charge on any atom is 0.408 e. The van der Waals surface area contributed by atoms with E-state index in [2.05, 4.69) is 20.0 Å². The predicted octanol–water partition coefficient (Wildman–Crippen LogP) is 3.00. The van der Waals surface area contributed by atoms with Crippen molar-refractivity contribution in [3.05, 3.63) is 53.6 Å². The summed E-state index contributed by atoms with van der Waals surface area (Å²) in [6.45, 7) is 5.38. The van der Waals surface area contributed by atoms with Crippen LogP contribution in [0.3, 0.4) is 0 Å². The number of esters is 1. The number of carbonyl (C=O) groups excluding carboxylic acids is 2. The predicted molar refractivity (Wildman–Crippen MR) is 92.2 cm³/mol. The standard InChI is InChI=1S/C18H23N3O4/c1-18(2,3)25-17(23)21-13(10-12-8-6-5-7-9-12)15-19-11-14(20-15)16(22)24-4/h5-9,11,13H,10H2,1-4H3,(H,19,20)(H,21,23)/t13-/m0/s1. The van der Waals surface area contributed by atoms with Gasteiger partial charge >= 0.3 is 12.1 Å². The number of H-pyrrole nitrogens is 1. The Balaban J connectivity index is 2.21. The number of carbonyl (C=O) groups is 2. The van der Waals surface area contributed by atoms with Gasteiger partial charge in [-0.25, -0.2) is 14.6 Å². The van der Waals surface area contributed by atoms with E-state index in [9.17, 15) is 9.59 Å². The van der Waals surface area contributed by atoms with Gasteiger partial charge in [0.15, 0.2) is 0 Å². The molecule has 1 amide bonds. The first-order valence-electron chi connectivity index (χ1n) is 7.95. The molecule has 0 aliphatic heterocycles. The van der Waals surface area contributed by atoms with Gasteiger partial charge in [-0.3, -0.25) is 0 Å². The molecule has 7 heteroatoms. The van der Waals surface area contributed by atoms with Crippen molar-refractivity contribution in [2.24, 2.45) is 0 Å². The fourth-order valence-electron chi connectivity index (χ4n) is 2.24. The van der Waals surface area contributed by atoms with Gasteiger partial charge in [-0.1, -0.05) is 30.3 Å². The Labute approximate surface area is 146 Å². The largest absolute Gasteiger partial charge is 0.464 e. The summed E-state index contributed by atoms with van der Waals surface area (Å²) in [7, 11) is 1.29. The molecule has 2 rings (SSSR count). The first-order chi connectivity index (χ1) is 11.8. The Morgan fingerprint density at radius 2 is 1.92 bits per heavy atom. The van der Waals surface area contributed by atoms with E-state index < -0.39 is 23.7 Å². The van der Waals surface area contributed by atoms with Gasteiger partial charge in [-0.05, 0) is 26.3 Å². The Kier molecular flexibility index (Phi) is 5.80. The van der Waals surface area contributed by atoms with Crippen molar-refractivity contribution < 1.29 is 19.1 Å². The summed E-state index contributed by atoms with van der Waals surface area (Å²) in [4.78, 5) is 30.9. The molecule has 0 saturated carbocycles. The summed E-state index contributed by atoms with van der Waals surface area (Å²) in [5.74, 6) is -0.0652. The number of hydrogen-bond donors (Lipinski definition) is 2. The van der Waals surface area contributed by atoms with E-state index >= 15 is 0 Å². The number of amides is 1. The molecule has 1 aromatic carbocycles. The lowest BCUT2D eigenvalue weighted by atomic mass is 10.1. The molecule has 1 aromatic heterocycles. The Morgan fingerprint density at radius 3 is 2.52 bits per heavy atom. The molecule has 1 heterocycles. The molecule has 0 radical (unpaired) electrons. The average Bonchev–Trinajstić information content (AvgIpc) is 3.02. The van der Waals surface area contributed by atoms with E-state index in [1.54, 1.807) is 20.8 Å². The lowest BCUT2D eigenvalue weighted by molar-refractivity contribution is 0.0501. The smallest absolute Gasteiger partial charge is 0.408 e. The molecule has 0 spiro atoms. The summed E-state index contributed by atoms with van der Waals surface area (Å²) in [5, 5.41) is 2.80. The Morgan fingerprint density at radius 1 is 1.24 bits per heavy atom. The van der Waals surface area contributed by atoms with Crippen molar-refractivity contribution in [3.63, 3.8) is 0 Å². The van der Waals surface area contributed by atoms with Crippen LogP contribution in [0.25, 0.3) is 0 Å². The van der Waals surface area contributed by atoms with Crippen LogP contribution in [0.1, 0.15) is 48.7 Å². The molecular formula is C18H23N3O4. The molecule has 7 nitrogen and oxygen atoms in total. The van der Waals surface area contributed by atoms with Gasteiger partial charge in [0, 0.05) is 6.42 Å². The maximum absolute atomic E-state index is 12.2. The van der Waals surface area contributed by atoms with E-state index in [-0.39, 0.29) is 5.69 Å². The number of aromatic nitrogens is 2. The molecule has 1 atom stereocenters. The van der Waals surface area contributed by atoms with E-state index in [0.717, 1.165) is 5.56 Å². The molecule has 0 aliphatic carbocycles. The van der Waals surface area contributed by atoms with Crippen LogP contribution < -0.4 is 5.32 Å². The zero-order valence-corrected chi connectivity index (χ0v) is 14.8. The Hall–Kier alpha value is -2.83. The zero-order chi connectivity index (χ0) is 18.4. The Bertz CT molecular complexity index is 719. The highest BCUT2D eigenvalue weighted by atomic mass is 16.6. The second-order valence-electron chi connectivity index (χ2n) is 6.56. The van der Waals surface area contributed by atoms with Crippen LogP contribution in [0.4, 0.5) is 4.79 Å². The average molecular weight is 345 g/mol. The van der Waals surface area contributed by atoms with Gasteiger partial charge in [0.2, 0.25) is 0 Å². The van der Waals surface area contributed by atoms with Gasteiger partial charge in [-0.15, -0.1) is 0 Å². The van der Waals surface area contributed by atoms with Gasteiger partial charge < -0.3 is 19.8 Å². The van der Waals surface area contributed by atoms with Crippen molar-refractivity contribution in [1.82, 2.24) is 15.3 Å². The van der Waals surface area contributed by atoms with Crippen LogP contribution in [0.5, 0.6) is 0 Å². The van der Waals surface area contributed by atoms with E-state index in [1.807, 2.05) is 30.3 Å². The van der Waals surface area contributed by atoms with Crippen LogP contribution >= 0.6 is 0 Å². The fourth-order valence-corrected chi connectivity index (χ4v) is 2.24. The first-order valence-corrected chi connectivity index (χ1v) is 7.95. The van der Waals surface area contributed by atoms with Crippen molar-refractivity contribution in [2.75, 3.05) is 7.11 Å². The topological polar surface area (TPSA) is 93.3 Å². The van der Waals surface area contributed by atoms with Gasteiger partial charge in [0.05, 0.1) is 19.3 Å². The number of benzene rings is 1. The number of aromatic amines is 1. The maximum atomic E-state index is 12.2. The van der Waals surface area contributed by atoms with Crippen LogP contribution in [0, 0.1) is 0 Å². The van der Waals surface area contributed by atoms with Crippen LogP contribution in [0.2, 0.25) is 0 Å². The minimum atomic E-state index is -0.609. The van der Waals surface area contributed by atoms with Crippen molar-refractivity contribution >= 4 is 12.1 Å². The second-order valence-corrected chi connectivity index (χ2v) is 6.56. The van der Waals surface area contributed by atoms with E-state index in [4.69, 9.17) is 4.74 Å². The summed E-state index contributed by atoms with van der Waals surface area (Å²) in [5.41, 5.74) is 0.628. The quantitative estimate of drug-likeness (QED) is 0.813. The number of ether oxygens (including phenoxy) is 2. The molecule has 2 N–H and O–H groups in total. The number of imidazole rings is 1. The monoisotopic (exact) mass is 345 g/mol.